The monoisotopic (exact) mass is 550 g/mol. The maximum absolute atomic E-state index is 12.3. The summed E-state index contributed by atoms with van der Waals surface area (Å²) in [5.74, 6) is -0.321. The van der Waals surface area contributed by atoms with Gasteiger partial charge in [0.25, 0.3) is 0 Å². The van der Waals surface area contributed by atoms with Crippen LogP contribution in [-0.2, 0) is 4.74 Å². The molecule has 0 atom stereocenters. The first-order chi connectivity index (χ1) is 20.2. The lowest BCUT2D eigenvalue weighted by Gasteiger charge is -2.33. The van der Waals surface area contributed by atoms with Crippen LogP contribution in [0, 0.1) is 0 Å². The molecule has 7 rings (SSSR count). The number of benzene rings is 5. The highest BCUT2D eigenvalue weighted by Gasteiger charge is 2.26. The van der Waals surface area contributed by atoms with Crippen molar-refractivity contribution in [2.45, 2.75) is 16.7 Å². The van der Waals surface area contributed by atoms with E-state index in [1.54, 1.807) is 11.8 Å². The average molecular weight is 551 g/mol. The molecule has 1 aliphatic rings. The van der Waals surface area contributed by atoms with Gasteiger partial charge in [-0.3, -0.25) is 0 Å². The summed E-state index contributed by atoms with van der Waals surface area (Å²) in [5.41, 5.74) is 8.73. The van der Waals surface area contributed by atoms with E-state index in [0.717, 1.165) is 50.3 Å². The molecule has 0 radical (unpaired) electrons. The third-order valence-electron chi connectivity index (χ3n) is 7.27. The maximum Gasteiger partial charge on any atom is 0.338 e. The van der Waals surface area contributed by atoms with Gasteiger partial charge in [-0.25, -0.2) is 9.78 Å². The second-order valence-corrected chi connectivity index (χ2v) is 10.8. The van der Waals surface area contributed by atoms with Crippen molar-refractivity contribution >= 4 is 45.7 Å². The molecule has 0 unspecified atom stereocenters. The Kier molecular flexibility index (Phi) is 6.50. The Balaban J connectivity index is 1.47. The van der Waals surface area contributed by atoms with Gasteiger partial charge in [-0.15, -0.1) is 0 Å². The second-order valence-electron chi connectivity index (χ2n) is 9.77. The van der Waals surface area contributed by atoms with Crippen molar-refractivity contribution < 1.29 is 9.53 Å². The fourth-order valence-electron chi connectivity index (χ4n) is 5.37. The highest BCUT2D eigenvalue weighted by Crippen LogP contribution is 2.52. The van der Waals surface area contributed by atoms with Crippen molar-refractivity contribution in [3.05, 3.63) is 133 Å². The fourth-order valence-corrected chi connectivity index (χ4v) is 6.43. The summed E-state index contributed by atoms with van der Waals surface area (Å²) in [4.78, 5) is 22.3. The molecule has 41 heavy (non-hydrogen) atoms. The van der Waals surface area contributed by atoms with Crippen molar-refractivity contribution in [2.75, 3.05) is 11.5 Å². The smallest absolute Gasteiger partial charge is 0.338 e. The van der Waals surface area contributed by atoms with Crippen molar-refractivity contribution in [1.82, 2.24) is 4.98 Å². The number of anilines is 3. The summed E-state index contributed by atoms with van der Waals surface area (Å²) in [6.07, 6.45) is 0. The van der Waals surface area contributed by atoms with E-state index in [1.165, 1.54) is 9.79 Å². The molecular weight excluding hydrogens is 524 g/mol. The first-order valence-corrected chi connectivity index (χ1v) is 14.5. The minimum Gasteiger partial charge on any atom is -0.462 e. The Morgan fingerprint density at radius 3 is 2.02 bits per heavy atom. The Bertz CT molecular complexity index is 1860. The minimum absolute atomic E-state index is 0.321. The van der Waals surface area contributed by atoms with Gasteiger partial charge in [0.15, 0.2) is 0 Å². The predicted octanol–water partition coefficient (Wildman–Crippen LogP) is 9.68. The molecule has 1 aromatic heterocycles. The summed E-state index contributed by atoms with van der Waals surface area (Å²) in [6.45, 7) is 2.16. The Morgan fingerprint density at radius 1 is 0.707 bits per heavy atom. The normalized spacial score (nSPS) is 12.1. The van der Waals surface area contributed by atoms with Crippen LogP contribution in [0.3, 0.4) is 0 Å². The fraction of sp³-hybridized carbons (Fsp3) is 0.0556. The SMILES string of the molecule is CCOC(=O)c1ccc(-c2cc(-c3ccccc3)c3cccc(N4c5ccccc5Sc5ccccc54)c3n2)cc1. The Morgan fingerprint density at radius 2 is 1.34 bits per heavy atom. The molecule has 2 heterocycles. The van der Waals surface area contributed by atoms with E-state index in [1.807, 2.05) is 37.3 Å². The zero-order chi connectivity index (χ0) is 27.8. The van der Waals surface area contributed by atoms with Crippen LogP contribution in [0.5, 0.6) is 0 Å². The van der Waals surface area contributed by atoms with E-state index in [0.29, 0.717) is 12.2 Å². The van der Waals surface area contributed by atoms with Gasteiger partial charge in [0, 0.05) is 20.7 Å². The molecule has 0 N–H and O–H groups in total. The molecular formula is C36H26N2O2S. The van der Waals surface area contributed by atoms with Gasteiger partial charge >= 0.3 is 5.97 Å². The van der Waals surface area contributed by atoms with Gasteiger partial charge in [0.2, 0.25) is 0 Å². The average Bonchev–Trinajstić information content (AvgIpc) is 3.03. The van der Waals surface area contributed by atoms with E-state index in [2.05, 4.69) is 102 Å². The molecule has 6 aromatic rings. The van der Waals surface area contributed by atoms with E-state index in [9.17, 15) is 4.79 Å². The highest BCUT2D eigenvalue weighted by molar-refractivity contribution is 7.99. The molecule has 198 valence electrons. The first kappa shape index (κ1) is 25.1. The number of ether oxygens (including phenoxy) is 1. The third kappa shape index (κ3) is 4.54. The number of aromatic nitrogens is 1. The summed E-state index contributed by atoms with van der Waals surface area (Å²) in [5, 5.41) is 1.08. The second kappa shape index (κ2) is 10.6. The van der Waals surface area contributed by atoms with Crippen LogP contribution in [0.25, 0.3) is 33.3 Å². The first-order valence-electron chi connectivity index (χ1n) is 13.6. The number of esters is 1. The van der Waals surface area contributed by atoms with Crippen LogP contribution in [0.15, 0.2) is 137 Å². The lowest BCUT2D eigenvalue weighted by Crippen LogP contribution is -2.15. The van der Waals surface area contributed by atoms with Gasteiger partial charge in [-0.05, 0) is 66.6 Å². The quantitative estimate of drug-likeness (QED) is 0.200. The van der Waals surface area contributed by atoms with Crippen LogP contribution >= 0.6 is 11.8 Å². The molecule has 0 saturated carbocycles. The van der Waals surface area contributed by atoms with E-state index in [-0.39, 0.29) is 5.97 Å². The molecule has 0 aliphatic carbocycles. The molecule has 1 aliphatic heterocycles. The van der Waals surface area contributed by atoms with Crippen molar-refractivity contribution in [1.29, 1.82) is 0 Å². The Labute approximate surface area is 243 Å². The van der Waals surface area contributed by atoms with Gasteiger partial charge in [0.1, 0.15) is 0 Å². The minimum atomic E-state index is -0.321. The van der Waals surface area contributed by atoms with Crippen LogP contribution in [0.4, 0.5) is 17.1 Å². The number of para-hydroxylation sites is 3. The largest absolute Gasteiger partial charge is 0.462 e. The van der Waals surface area contributed by atoms with Gasteiger partial charge in [-0.1, -0.05) is 90.6 Å². The molecule has 0 spiro atoms. The Hall–Kier alpha value is -4.87. The summed E-state index contributed by atoms with van der Waals surface area (Å²) in [7, 11) is 0. The number of fused-ring (bicyclic) bond motifs is 3. The van der Waals surface area contributed by atoms with Crippen LogP contribution in [-0.4, -0.2) is 17.6 Å². The maximum atomic E-state index is 12.3. The van der Waals surface area contributed by atoms with E-state index < -0.39 is 0 Å². The number of rotatable bonds is 5. The molecule has 5 aromatic carbocycles. The number of carbonyl (C=O) groups excluding carboxylic acids is 1. The standard InChI is InChI=1S/C36H26N2O2S/c1-2-40-36(39)26-21-19-25(20-22-26)29-23-28(24-11-4-3-5-12-24)27-13-10-16-32(35(27)37-29)38-30-14-6-8-17-33(30)41-34-18-9-7-15-31(34)38/h3-23H,2H2,1H3. The molecule has 5 heteroatoms. The highest BCUT2D eigenvalue weighted by atomic mass is 32.2. The number of pyridine rings is 1. The number of hydrogen-bond acceptors (Lipinski definition) is 5. The zero-order valence-corrected chi connectivity index (χ0v) is 23.3. The van der Waals surface area contributed by atoms with Crippen molar-refractivity contribution in [2.24, 2.45) is 0 Å². The lowest BCUT2D eigenvalue weighted by atomic mass is 9.97. The van der Waals surface area contributed by atoms with Crippen LogP contribution in [0.2, 0.25) is 0 Å². The molecule has 4 nitrogen and oxygen atoms in total. The van der Waals surface area contributed by atoms with Gasteiger partial charge < -0.3 is 9.64 Å². The van der Waals surface area contributed by atoms with Crippen LogP contribution < -0.4 is 4.90 Å². The molecule has 0 saturated heterocycles. The van der Waals surface area contributed by atoms with Crippen LogP contribution in [0.1, 0.15) is 17.3 Å². The van der Waals surface area contributed by atoms with E-state index >= 15 is 0 Å². The lowest BCUT2D eigenvalue weighted by molar-refractivity contribution is 0.0526. The van der Waals surface area contributed by atoms with Crippen molar-refractivity contribution in [3.8, 4) is 22.4 Å². The number of hydrogen-bond donors (Lipinski definition) is 0. The molecule has 0 fully saturated rings. The summed E-state index contributed by atoms with van der Waals surface area (Å²) in [6, 6.07) is 43.6. The number of carbonyl (C=O) groups is 1. The van der Waals surface area contributed by atoms with Crippen molar-refractivity contribution in [3.63, 3.8) is 0 Å². The third-order valence-corrected chi connectivity index (χ3v) is 8.40. The van der Waals surface area contributed by atoms with Gasteiger partial charge in [0.05, 0.1) is 40.4 Å². The molecule has 0 amide bonds. The predicted molar refractivity (Wildman–Crippen MR) is 167 cm³/mol. The van der Waals surface area contributed by atoms with Gasteiger partial charge in [-0.2, -0.15) is 0 Å². The zero-order valence-electron chi connectivity index (χ0n) is 22.5. The van der Waals surface area contributed by atoms with E-state index in [4.69, 9.17) is 9.72 Å². The number of nitrogens with zero attached hydrogens (tertiary/aromatic N) is 2. The topological polar surface area (TPSA) is 42.4 Å². The molecule has 0 bridgehead atoms. The summed E-state index contributed by atoms with van der Waals surface area (Å²) < 4.78 is 5.19. The summed E-state index contributed by atoms with van der Waals surface area (Å²) >= 11 is 1.79.